The first-order valence-corrected chi connectivity index (χ1v) is 11.2. The molecule has 5 rings (SSSR count). The van der Waals surface area contributed by atoms with Gasteiger partial charge in [-0.15, -0.1) is 16.4 Å². The van der Waals surface area contributed by atoms with E-state index in [1.807, 2.05) is 24.3 Å². The lowest BCUT2D eigenvalue weighted by atomic mass is 10.1. The molecule has 0 N–H and O–H groups in total. The Bertz CT molecular complexity index is 1220. The number of halogens is 1. The summed E-state index contributed by atoms with van der Waals surface area (Å²) in [7, 11) is 0. The van der Waals surface area contributed by atoms with Gasteiger partial charge in [0.2, 0.25) is 0 Å². The van der Waals surface area contributed by atoms with E-state index in [1.54, 1.807) is 28.4 Å². The van der Waals surface area contributed by atoms with Crippen molar-refractivity contribution in [3.05, 3.63) is 57.4 Å². The summed E-state index contributed by atoms with van der Waals surface area (Å²) in [6.07, 6.45) is 5.58. The van der Waals surface area contributed by atoms with Gasteiger partial charge in [-0.1, -0.05) is 35.8 Å². The lowest BCUT2D eigenvalue weighted by Crippen LogP contribution is -2.30. The summed E-state index contributed by atoms with van der Waals surface area (Å²) in [6.45, 7) is 5.64. The van der Waals surface area contributed by atoms with Gasteiger partial charge in [0.1, 0.15) is 11.2 Å². The molecule has 0 saturated heterocycles. The van der Waals surface area contributed by atoms with Crippen LogP contribution in [0.3, 0.4) is 0 Å². The maximum absolute atomic E-state index is 5.89. The third-order valence-corrected chi connectivity index (χ3v) is 6.56. The first-order chi connectivity index (χ1) is 14.7. The lowest BCUT2D eigenvalue weighted by molar-refractivity contribution is 0.126. The van der Waals surface area contributed by atoms with Crippen LogP contribution in [0.4, 0.5) is 0 Å². The van der Waals surface area contributed by atoms with Crippen molar-refractivity contribution in [2.24, 2.45) is 5.16 Å². The summed E-state index contributed by atoms with van der Waals surface area (Å²) in [6, 6.07) is 7.38. The van der Waals surface area contributed by atoms with Crippen molar-refractivity contribution in [1.29, 1.82) is 0 Å². The van der Waals surface area contributed by atoms with Gasteiger partial charge in [-0.05, 0) is 42.6 Å². The second-order valence-electron chi connectivity index (χ2n) is 7.31. The highest BCUT2D eigenvalue weighted by atomic mass is 35.5. The monoisotopic (exact) mass is 440 g/mol. The number of rotatable bonds is 6. The van der Waals surface area contributed by atoms with Crippen molar-refractivity contribution < 1.29 is 4.84 Å². The third-order valence-electron chi connectivity index (χ3n) is 5.18. The minimum Gasteiger partial charge on any atom is -0.387 e. The molecule has 0 radical (unpaired) electrons. The van der Waals surface area contributed by atoms with Crippen LogP contribution in [-0.2, 0) is 24.4 Å². The van der Waals surface area contributed by atoms with Crippen molar-refractivity contribution in [2.45, 2.75) is 32.9 Å². The van der Waals surface area contributed by atoms with E-state index in [9.17, 15) is 0 Å². The molecule has 30 heavy (non-hydrogen) atoms. The van der Waals surface area contributed by atoms with Crippen LogP contribution in [0, 0.1) is 0 Å². The zero-order valence-corrected chi connectivity index (χ0v) is 18.2. The lowest BCUT2D eigenvalue weighted by Gasteiger charge is -2.26. The zero-order valence-electron chi connectivity index (χ0n) is 16.6. The van der Waals surface area contributed by atoms with E-state index in [2.05, 4.69) is 27.1 Å². The Morgan fingerprint density at radius 3 is 3.00 bits per heavy atom. The minimum absolute atomic E-state index is 0.198. The van der Waals surface area contributed by atoms with Gasteiger partial charge >= 0.3 is 0 Å². The topological polar surface area (TPSA) is 67.9 Å². The van der Waals surface area contributed by atoms with Gasteiger partial charge in [0.15, 0.2) is 18.1 Å². The highest BCUT2D eigenvalue weighted by Crippen LogP contribution is 2.35. The fourth-order valence-electron chi connectivity index (χ4n) is 3.80. The Hall–Kier alpha value is -2.55. The molecule has 1 aliphatic rings. The molecule has 0 unspecified atom stereocenters. The van der Waals surface area contributed by atoms with Gasteiger partial charge in [-0.2, -0.15) is 0 Å². The van der Waals surface area contributed by atoms with Crippen LogP contribution in [0.25, 0.3) is 15.9 Å². The third kappa shape index (κ3) is 3.78. The second kappa shape index (κ2) is 8.29. The van der Waals surface area contributed by atoms with Crippen LogP contribution in [-0.4, -0.2) is 43.8 Å². The second-order valence-corrected chi connectivity index (χ2v) is 8.83. The molecule has 7 nitrogen and oxygen atoms in total. The number of aromatic nitrogens is 4. The Kier molecular flexibility index (Phi) is 5.37. The Labute approximate surface area is 182 Å². The molecule has 1 aromatic carbocycles. The molecule has 0 fully saturated rings. The molecule has 0 aliphatic carbocycles. The van der Waals surface area contributed by atoms with Gasteiger partial charge < -0.3 is 4.84 Å². The standard InChI is InChI=1S/C21H21ClN6OS/c1-2-8-27-9-7-16-17(11-27)30-21-19(16)20-25-18(26-28(20)13-23-21)12-29-24-10-14-3-5-15(22)6-4-14/h3-6,10,13H,2,7-9,11-12H2,1H3/b24-10-. The van der Waals surface area contributed by atoms with Crippen LogP contribution < -0.4 is 0 Å². The summed E-state index contributed by atoms with van der Waals surface area (Å²) in [4.78, 5) is 19.7. The van der Waals surface area contributed by atoms with Crippen LogP contribution in [0.15, 0.2) is 35.7 Å². The van der Waals surface area contributed by atoms with Gasteiger partial charge in [0, 0.05) is 23.0 Å². The SMILES string of the molecule is CCCN1CCc2c(sc3ncn4nc(CO/N=C\c5ccc(Cl)cc5)nc4c23)C1. The maximum Gasteiger partial charge on any atom is 0.192 e. The van der Waals surface area contributed by atoms with Crippen molar-refractivity contribution in [2.75, 3.05) is 13.1 Å². The molecule has 154 valence electrons. The summed E-state index contributed by atoms with van der Waals surface area (Å²) >= 11 is 7.66. The molecule has 4 heterocycles. The summed E-state index contributed by atoms with van der Waals surface area (Å²) < 4.78 is 1.75. The van der Waals surface area contributed by atoms with Crippen LogP contribution in [0.1, 0.15) is 35.2 Å². The Morgan fingerprint density at radius 1 is 1.30 bits per heavy atom. The first kappa shape index (κ1) is 19.4. The molecule has 0 saturated carbocycles. The van der Waals surface area contributed by atoms with E-state index in [-0.39, 0.29) is 6.61 Å². The van der Waals surface area contributed by atoms with Gasteiger partial charge in [0.25, 0.3) is 0 Å². The first-order valence-electron chi connectivity index (χ1n) is 9.99. The fourth-order valence-corrected chi connectivity index (χ4v) is 5.15. The van der Waals surface area contributed by atoms with Crippen molar-refractivity contribution >= 4 is 45.0 Å². The minimum atomic E-state index is 0.198. The Balaban J connectivity index is 1.36. The van der Waals surface area contributed by atoms with Crippen molar-refractivity contribution in [3.63, 3.8) is 0 Å². The molecule has 0 bridgehead atoms. The molecule has 0 spiro atoms. The molecule has 3 aromatic heterocycles. The van der Waals surface area contributed by atoms with E-state index < -0.39 is 0 Å². The molecule has 0 atom stereocenters. The van der Waals surface area contributed by atoms with E-state index >= 15 is 0 Å². The normalized spacial score (nSPS) is 14.7. The van der Waals surface area contributed by atoms with Gasteiger partial charge in [-0.3, -0.25) is 4.90 Å². The number of fused-ring (bicyclic) bond motifs is 5. The van der Waals surface area contributed by atoms with Gasteiger partial charge in [-0.25, -0.2) is 14.5 Å². The average Bonchev–Trinajstić information content (AvgIpc) is 3.32. The summed E-state index contributed by atoms with van der Waals surface area (Å²) in [5.74, 6) is 0.584. The molecule has 9 heteroatoms. The number of hydrogen-bond acceptors (Lipinski definition) is 7. The van der Waals surface area contributed by atoms with E-state index in [0.29, 0.717) is 10.8 Å². The molecular formula is C21H21ClN6OS. The number of nitrogens with zero attached hydrogens (tertiary/aromatic N) is 6. The predicted octanol–water partition coefficient (Wildman–Crippen LogP) is 4.31. The predicted molar refractivity (Wildman–Crippen MR) is 119 cm³/mol. The highest BCUT2D eigenvalue weighted by molar-refractivity contribution is 7.19. The molecule has 4 aromatic rings. The van der Waals surface area contributed by atoms with Crippen LogP contribution >= 0.6 is 22.9 Å². The summed E-state index contributed by atoms with van der Waals surface area (Å²) in [5, 5.41) is 10.3. The number of oxime groups is 1. The zero-order chi connectivity index (χ0) is 20.5. The van der Waals surface area contributed by atoms with E-state index in [4.69, 9.17) is 21.4 Å². The quantitative estimate of drug-likeness (QED) is 0.330. The van der Waals surface area contributed by atoms with Crippen molar-refractivity contribution in [1.82, 2.24) is 24.5 Å². The molecule has 0 amide bonds. The average molecular weight is 441 g/mol. The van der Waals surface area contributed by atoms with Gasteiger partial charge in [0.05, 0.1) is 11.6 Å². The summed E-state index contributed by atoms with van der Waals surface area (Å²) in [5.41, 5.74) is 3.14. The van der Waals surface area contributed by atoms with Crippen LogP contribution in [0.5, 0.6) is 0 Å². The largest absolute Gasteiger partial charge is 0.387 e. The molecular weight excluding hydrogens is 420 g/mol. The number of thiophene rings is 1. The van der Waals surface area contributed by atoms with Crippen molar-refractivity contribution in [3.8, 4) is 0 Å². The maximum atomic E-state index is 5.89. The van der Waals surface area contributed by atoms with E-state index in [1.165, 1.54) is 16.9 Å². The molecule has 1 aliphatic heterocycles. The fraction of sp³-hybridized carbons (Fsp3) is 0.333. The van der Waals surface area contributed by atoms with E-state index in [0.717, 1.165) is 47.5 Å². The number of hydrogen-bond donors (Lipinski definition) is 0. The highest BCUT2D eigenvalue weighted by Gasteiger charge is 2.23. The Morgan fingerprint density at radius 2 is 2.17 bits per heavy atom. The smallest absolute Gasteiger partial charge is 0.192 e. The number of benzene rings is 1. The van der Waals surface area contributed by atoms with Crippen LogP contribution in [0.2, 0.25) is 5.02 Å².